The molecule has 0 atom stereocenters. The molecule has 1 heterocycles. The highest BCUT2D eigenvalue weighted by atomic mass is 35.5. The summed E-state index contributed by atoms with van der Waals surface area (Å²) in [6.07, 6.45) is 0. The van der Waals surface area contributed by atoms with Gasteiger partial charge in [0.2, 0.25) is 0 Å². The number of rotatable bonds is 1. The zero-order valence-electron chi connectivity index (χ0n) is 8.03. The topological polar surface area (TPSA) is 73.2 Å². The molecule has 0 aromatic heterocycles. The zero-order chi connectivity index (χ0) is 11.7. The van der Waals surface area contributed by atoms with Crippen LogP contribution in [0, 0.1) is 11.3 Å². The van der Waals surface area contributed by atoms with Crippen LogP contribution in [-0.2, 0) is 4.79 Å². The van der Waals surface area contributed by atoms with Crippen molar-refractivity contribution in [3.05, 3.63) is 28.8 Å². The summed E-state index contributed by atoms with van der Waals surface area (Å²) in [6, 6.07) is 5.79. The summed E-state index contributed by atoms with van der Waals surface area (Å²) in [5, 5.41) is 11.6. The van der Waals surface area contributed by atoms with Crippen molar-refractivity contribution in [1.29, 1.82) is 5.26 Å². The molecule has 0 aliphatic carbocycles. The van der Waals surface area contributed by atoms with E-state index in [0.717, 1.165) is 4.90 Å². The van der Waals surface area contributed by atoms with Crippen molar-refractivity contribution < 1.29 is 9.59 Å². The second-order valence-corrected chi connectivity index (χ2v) is 3.60. The standard InChI is InChI=1S/C10H6ClN3O2/c11-7-2-1-6(4-12)8(3-7)14-9(15)5-13-10(14)16/h1-3H,5H2,(H,13,16). The minimum absolute atomic E-state index is 0.0593. The van der Waals surface area contributed by atoms with Crippen molar-refractivity contribution in [2.24, 2.45) is 0 Å². The first kappa shape index (κ1) is 10.5. The fourth-order valence-electron chi connectivity index (χ4n) is 1.45. The molecule has 0 radical (unpaired) electrons. The van der Waals surface area contributed by atoms with Crippen molar-refractivity contribution in [3.8, 4) is 6.07 Å². The van der Waals surface area contributed by atoms with E-state index < -0.39 is 11.9 Å². The number of hydrogen-bond acceptors (Lipinski definition) is 3. The molecule has 1 N–H and O–H groups in total. The lowest BCUT2D eigenvalue weighted by Gasteiger charge is -2.13. The van der Waals surface area contributed by atoms with Crippen molar-refractivity contribution >= 4 is 29.2 Å². The van der Waals surface area contributed by atoms with E-state index in [0.29, 0.717) is 5.02 Å². The molecule has 5 nitrogen and oxygen atoms in total. The van der Waals surface area contributed by atoms with Crippen LogP contribution in [0.3, 0.4) is 0 Å². The van der Waals surface area contributed by atoms with Crippen LogP contribution in [0.1, 0.15) is 5.56 Å². The fraction of sp³-hybridized carbons (Fsp3) is 0.100. The molecule has 80 valence electrons. The van der Waals surface area contributed by atoms with Crippen molar-refractivity contribution in [2.75, 3.05) is 11.4 Å². The van der Waals surface area contributed by atoms with E-state index in [-0.39, 0.29) is 17.8 Å². The first-order valence-electron chi connectivity index (χ1n) is 4.44. The van der Waals surface area contributed by atoms with Crippen LogP contribution in [0.15, 0.2) is 18.2 Å². The number of carbonyl (C=O) groups is 2. The number of nitriles is 1. The van der Waals surface area contributed by atoms with E-state index in [4.69, 9.17) is 16.9 Å². The third-order valence-electron chi connectivity index (χ3n) is 2.16. The Balaban J connectivity index is 2.55. The smallest absolute Gasteiger partial charge is 0.328 e. The minimum Gasteiger partial charge on any atom is -0.328 e. The summed E-state index contributed by atoms with van der Waals surface area (Å²) in [5.41, 5.74) is 0.449. The highest BCUT2D eigenvalue weighted by molar-refractivity contribution is 6.31. The quantitative estimate of drug-likeness (QED) is 0.745. The zero-order valence-corrected chi connectivity index (χ0v) is 8.78. The summed E-state index contributed by atoms with van der Waals surface area (Å²) in [7, 11) is 0. The molecule has 0 bridgehead atoms. The second kappa shape index (κ2) is 3.83. The Morgan fingerprint density at radius 2 is 2.19 bits per heavy atom. The molecule has 3 amide bonds. The lowest BCUT2D eigenvalue weighted by Crippen LogP contribution is -2.31. The first-order chi connectivity index (χ1) is 7.63. The molecule has 1 aromatic rings. The summed E-state index contributed by atoms with van der Waals surface area (Å²) < 4.78 is 0. The largest absolute Gasteiger partial charge is 0.329 e. The van der Waals surface area contributed by atoms with Gasteiger partial charge in [-0.15, -0.1) is 0 Å². The third-order valence-corrected chi connectivity index (χ3v) is 2.40. The molecule has 2 rings (SSSR count). The molecule has 16 heavy (non-hydrogen) atoms. The van der Waals surface area contributed by atoms with Crippen molar-refractivity contribution in [1.82, 2.24) is 5.32 Å². The van der Waals surface area contributed by atoms with E-state index in [1.807, 2.05) is 6.07 Å². The molecule has 1 aromatic carbocycles. The number of benzene rings is 1. The van der Waals surface area contributed by atoms with Crippen LogP contribution < -0.4 is 10.2 Å². The van der Waals surface area contributed by atoms with Gasteiger partial charge in [0.1, 0.15) is 6.07 Å². The molecule has 0 unspecified atom stereocenters. The van der Waals surface area contributed by atoms with Crippen LogP contribution >= 0.6 is 11.6 Å². The van der Waals surface area contributed by atoms with Gasteiger partial charge >= 0.3 is 6.03 Å². The highest BCUT2D eigenvalue weighted by Crippen LogP contribution is 2.25. The van der Waals surface area contributed by atoms with Crippen LogP contribution in [0.4, 0.5) is 10.5 Å². The Hall–Kier alpha value is -2.06. The molecular formula is C10H6ClN3O2. The number of amides is 3. The van der Waals surface area contributed by atoms with Crippen molar-refractivity contribution in [2.45, 2.75) is 0 Å². The van der Waals surface area contributed by atoms with Crippen LogP contribution in [0.25, 0.3) is 0 Å². The molecule has 0 spiro atoms. The molecule has 6 heteroatoms. The number of nitrogens with zero attached hydrogens (tertiary/aromatic N) is 2. The van der Waals surface area contributed by atoms with Gasteiger partial charge in [0.15, 0.2) is 0 Å². The third kappa shape index (κ3) is 1.59. The monoisotopic (exact) mass is 235 g/mol. The minimum atomic E-state index is -0.538. The van der Waals surface area contributed by atoms with Gasteiger partial charge in [-0.3, -0.25) is 4.79 Å². The maximum atomic E-state index is 11.5. The number of nitrogens with one attached hydrogen (secondary N) is 1. The average Bonchev–Trinajstić information content (AvgIpc) is 2.58. The van der Waals surface area contributed by atoms with Gasteiger partial charge in [0.25, 0.3) is 5.91 Å². The van der Waals surface area contributed by atoms with Gasteiger partial charge in [-0.25, -0.2) is 9.69 Å². The molecule has 1 aliphatic rings. The Labute approximate surface area is 96.2 Å². The number of anilines is 1. The van der Waals surface area contributed by atoms with Crippen LogP contribution in [0.2, 0.25) is 5.02 Å². The molecule has 0 saturated carbocycles. The summed E-state index contributed by atoms with van der Waals surface area (Å²) in [4.78, 5) is 23.8. The number of urea groups is 1. The summed E-state index contributed by atoms with van der Waals surface area (Å²) in [5.74, 6) is -0.399. The molecular weight excluding hydrogens is 230 g/mol. The predicted octanol–water partition coefficient (Wildman–Crippen LogP) is 1.27. The Morgan fingerprint density at radius 1 is 1.44 bits per heavy atom. The van der Waals surface area contributed by atoms with Gasteiger partial charge in [0.05, 0.1) is 17.8 Å². The van der Waals surface area contributed by atoms with Gasteiger partial charge in [-0.2, -0.15) is 5.26 Å². The molecule has 1 aliphatic heterocycles. The highest BCUT2D eigenvalue weighted by Gasteiger charge is 2.31. The van der Waals surface area contributed by atoms with E-state index in [1.54, 1.807) is 0 Å². The van der Waals surface area contributed by atoms with Gasteiger partial charge < -0.3 is 5.32 Å². The summed E-state index contributed by atoms with van der Waals surface area (Å²) >= 11 is 5.77. The van der Waals surface area contributed by atoms with E-state index in [2.05, 4.69) is 5.32 Å². The lowest BCUT2D eigenvalue weighted by molar-refractivity contribution is -0.115. The van der Waals surface area contributed by atoms with Crippen molar-refractivity contribution in [3.63, 3.8) is 0 Å². The maximum Gasteiger partial charge on any atom is 0.329 e. The van der Waals surface area contributed by atoms with Gasteiger partial charge in [-0.05, 0) is 18.2 Å². The van der Waals surface area contributed by atoms with Crippen LogP contribution in [-0.4, -0.2) is 18.5 Å². The maximum absolute atomic E-state index is 11.5. The van der Waals surface area contributed by atoms with Crippen LogP contribution in [0.5, 0.6) is 0 Å². The van der Waals surface area contributed by atoms with Gasteiger partial charge in [-0.1, -0.05) is 11.6 Å². The van der Waals surface area contributed by atoms with E-state index >= 15 is 0 Å². The SMILES string of the molecule is N#Cc1ccc(Cl)cc1N1C(=O)CNC1=O. The molecule has 1 saturated heterocycles. The number of halogens is 1. The summed E-state index contributed by atoms with van der Waals surface area (Å²) in [6.45, 7) is -0.0593. The number of carbonyl (C=O) groups excluding carboxylic acids is 2. The molecule has 1 fully saturated rings. The number of hydrogen-bond donors (Lipinski definition) is 1. The Morgan fingerprint density at radius 3 is 2.75 bits per heavy atom. The van der Waals surface area contributed by atoms with E-state index in [9.17, 15) is 9.59 Å². The van der Waals surface area contributed by atoms with E-state index in [1.165, 1.54) is 18.2 Å². The first-order valence-corrected chi connectivity index (χ1v) is 4.81. The van der Waals surface area contributed by atoms with Gasteiger partial charge in [0, 0.05) is 5.02 Å². The lowest BCUT2D eigenvalue weighted by atomic mass is 10.2. The second-order valence-electron chi connectivity index (χ2n) is 3.16. The normalized spacial score (nSPS) is 14.9. The Kier molecular flexibility index (Phi) is 2.50. The average molecular weight is 236 g/mol. The number of imide groups is 1. The Bertz CT molecular complexity index is 505. The predicted molar refractivity (Wildman–Crippen MR) is 57.1 cm³/mol. The fourth-order valence-corrected chi connectivity index (χ4v) is 1.62.